The molecule has 23 heavy (non-hydrogen) atoms. The Morgan fingerprint density at radius 3 is 3.00 bits per heavy atom. The van der Waals surface area contributed by atoms with E-state index in [9.17, 15) is 9.59 Å². The molecule has 0 radical (unpaired) electrons. The Kier molecular flexibility index (Phi) is 4.76. The minimum absolute atomic E-state index is 0.183. The highest BCUT2D eigenvalue weighted by Gasteiger charge is 2.18. The lowest BCUT2D eigenvalue weighted by Gasteiger charge is -2.33. The maximum atomic E-state index is 12.5. The number of carbonyl (C=O) groups is 1. The molecule has 122 valence electrons. The number of nitrogens with one attached hydrogen (secondary N) is 2. The van der Waals surface area contributed by atoms with Crippen molar-refractivity contribution in [1.29, 1.82) is 0 Å². The molecule has 1 atom stereocenters. The number of hydrogen-bond donors (Lipinski definition) is 2. The average Bonchev–Trinajstić information content (AvgIpc) is 2.55. The number of carbonyl (C=O) groups excluding carboxylic acids is 1. The first-order valence-electron chi connectivity index (χ1n) is 8.29. The summed E-state index contributed by atoms with van der Waals surface area (Å²) in [6.07, 6.45) is 3.76. The molecule has 0 bridgehead atoms. The van der Waals surface area contributed by atoms with Crippen LogP contribution in [0, 0.1) is 0 Å². The molecule has 0 unspecified atom stereocenters. The molecule has 2 aromatic rings. The number of amides is 1. The number of hydrogen-bond acceptors (Lipinski definition) is 3. The second kappa shape index (κ2) is 6.96. The molecule has 0 spiro atoms. The fraction of sp³-hybridized carbons (Fsp3) is 0.444. The molecular weight excluding hydrogens is 290 g/mol. The molecule has 5 nitrogen and oxygen atoms in total. The third-order valence-electron chi connectivity index (χ3n) is 4.62. The van der Waals surface area contributed by atoms with Gasteiger partial charge in [0.1, 0.15) is 0 Å². The molecule has 0 aliphatic carbocycles. The van der Waals surface area contributed by atoms with Crippen LogP contribution >= 0.6 is 0 Å². The quantitative estimate of drug-likeness (QED) is 0.909. The maximum absolute atomic E-state index is 12.5. The molecule has 5 heteroatoms. The summed E-state index contributed by atoms with van der Waals surface area (Å²) < 4.78 is 0. The fourth-order valence-electron chi connectivity index (χ4n) is 3.29. The largest absolute Gasteiger partial charge is 0.351 e. The van der Waals surface area contributed by atoms with Gasteiger partial charge in [-0.3, -0.25) is 14.5 Å². The van der Waals surface area contributed by atoms with Gasteiger partial charge in [-0.05, 0) is 32.4 Å². The van der Waals surface area contributed by atoms with E-state index in [1.54, 1.807) is 0 Å². The predicted octanol–water partition coefficient (Wildman–Crippen LogP) is 2.13. The van der Waals surface area contributed by atoms with E-state index in [2.05, 4.69) is 22.1 Å². The van der Waals surface area contributed by atoms with Crippen molar-refractivity contribution in [2.75, 3.05) is 19.6 Å². The summed E-state index contributed by atoms with van der Waals surface area (Å²) in [5, 5.41) is 3.73. The van der Waals surface area contributed by atoms with Gasteiger partial charge in [0, 0.05) is 36.1 Å². The topological polar surface area (TPSA) is 65.2 Å². The zero-order valence-electron chi connectivity index (χ0n) is 13.5. The number of piperidine rings is 1. The van der Waals surface area contributed by atoms with Gasteiger partial charge in [-0.15, -0.1) is 0 Å². The van der Waals surface area contributed by atoms with Crippen molar-refractivity contribution < 1.29 is 4.79 Å². The number of nitrogens with zero attached hydrogens (tertiary/aromatic N) is 1. The lowest BCUT2D eigenvalue weighted by atomic mass is 10.0. The average molecular weight is 313 g/mol. The second-order valence-electron chi connectivity index (χ2n) is 6.23. The highest BCUT2D eigenvalue weighted by Crippen LogP contribution is 2.16. The molecule has 2 heterocycles. The van der Waals surface area contributed by atoms with E-state index in [1.165, 1.54) is 25.3 Å². The third kappa shape index (κ3) is 3.62. The van der Waals surface area contributed by atoms with Gasteiger partial charge in [0.2, 0.25) is 5.56 Å². The summed E-state index contributed by atoms with van der Waals surface area (Å²) in [5.41, 5.74) is 0.879. The molecule has 1 fully saturated rings. The van der Waals surface area contributed by atoms with Crippen molar-refractivity contribution in [1.82, 2.24) is 15.2 Å². The lowest BCUT2D eigenvalue weighted by Crippen LogP contribution is -2.42. The zero-order chi connectivity index (χ0) is 16.2. The van der Waals surface area contributed by atoms with Crippen LogP contribution in [0.25, 0.3) is 10.9 Å². The maximum Gasteiger partial charge on any atom is 0.252 e. The van der Waals surface area contributed by atoms with Gasteiger partial charge in [-0.1, -0.05) is 24.6 Å². The summed E-state index contributed by atoms with van der Waals surface area (Å²) >= 11 is 0. The third-order valence-corrected chi connectivity index (χ3v) is 4.62. The van der Waals surface area contributed by atoms with Crippen molar-refractivity contribution >= 4 is 16.8 Å². The Labute approximate surface area is 135 Å². The first-order valence-corrected chi connectivity index (χ1v) is 8.29. The smallest absolute Gasteiger partial charge is 0.252 e. The van der Waals surface area contributed by atoms with Crippen molar-refractivity contribution in [2.24, 2.45) is 0 Å². The highest BCUT2D eigenvalue weighted by molar-refractivity contribution is 6.05. The van der Waals surface area contributed by atoms with Crippen LogP contribution in [0.3, 0.4) is 0 Å². The van der Waals surface area contributed by atoms with Crippen molar-refractivity contribution in [3.63, 3.8) is 0 Å². The monoisotopic (exact) mass is 313 g/mol. The first-order chi connectivity index (χ1) is 11.1. The van der Waals surface area contributed by atoms with Gasteiger partial charge in [-0.2, -0.15) is 0 Å². The van der Waals surface area contributed by atoms with Gasteiger partial charge in [0.25, 0.3) is 5.91 Å². The van der Waals surface area contributed by atoms with E-state index in [-0.39, 0.29) is 11.5 Å². The number of pyridine rings is 1. The van der Waals surface area contributed by atoms with Gasteiger partial charge in [0.05, 0.1) is 5.56 Å². The van der Waals surface area contributed by atoms with Crippen molar-refractivity contribution in [3.8, 4) is 0 Å². The van der Waals surface area contributed by atoms with Crippen LogP contribution in [0.5, 0.6) is 0 Å². The van der Waals surface area contributed by atoms with Crippen LogP contribution < -0.4 is 10.9 Å². The van der Waals surface area contributed by atoms with E-state index in [1.807, 2.05) is 24.3 Å². The van der Waals surface area contributed by atoms with Crippen molar-refractivity contribution in [3.05, 3.63) is 46.2 Å². The molecule has 0 saturated carbocycles. The highest BCUT2D eigenvalue weighted by atomic mass is 16.2. The molecular formula is C18H23N3O2. The summed E-state index contributed by atoms with van der Waals surface area (Å²) in [4.78, 5) is 29.4. The Hall–Kier alpha value is -2.14. The number of likely N-dealkylation sites (tertiary alicyclic amines) is 1. The lowest BCUT2D eigenvalue weighted by molar-refractivity contribution is 0.0940. The predicted molar refractivity (Wildman–Crippen MR) is 91.8 cm³/mol. The summed E-state index contributed by atoms with van der Waals surface area (Å²) in [5.74, 6) is -0.183. The second-order valence-corrected chi connectivity index (χ2v) is 6.23. The minimum Gasteiger partial charge on any atom is -0.351 e. The Balaban J connectivity index is 1.68. The Morgan fingerprint density at radius 1 is 1.35 bits per heavy atom. The summed E-state index contributed by atoms with van der Waals surface area (Å²) in [7, 11) is 0. The number of aromatic amines is 1. The van der Waals surface area contributed by atoms with Crippen LogP contribution in [0.2, 0.25) is 0 Å². The molecule has 2 N–H and O–H groups in total. The summed E-state index contributed by atoms with van der Waals surface area (Å²) in [6, 6.07) is 9.34. The zero-order valence-corrected chi connectivity index (χ0v) is 13.5. The molecule has 1 aromatic heterocycles. The standard InChI is InChI=1S/C18H23N3O2/c1-13-6-4-5-10-21(13)11-9-19-18(23)15-12-17(22)20-16-8-3-2-7-14(15)16/h2-3,7-8,12-13H,4-6,9-11H2,1H3,(H,19,23)(H,20,22)/t13-/m1/s1. The summed E-state index contributed by atoms with van der Waals surface area (Å²) in [6.45, 7) is 4.80. The van der Waals surface area contributed by atoms with E-state index in [0.29, 0.717) is 23.7 Å². The Bertz CT molecular complexity index is 753. The normalized spacial score (nSPS) is 18.9. The molecule has 1 aliphatic heterocycles. The number of benzene rings is 1. The van der Waals surface area contributed by atoms with E-state index < -0.39 is 0 Å². The van der Waals surface area contributed by atoms with Gasteiger partial charge < -0.3 is 10.3 Å². The van der Waals surface area contributed by atoms with Crippen LogP contribution in [0.4, 0.5) is 0 Å². The van der Waals surface area contributed by atoms with Gasteiger partial charge in [0.15, 0.2) is 0 Å². The molecule has 1 saturated heterocycles. The minimum atomic E-state index is -0.251. The molecule has 1 aliphatic rings. The SMILES string of the molecule is C[C@@H]1CCCCN1CCNC(=O)c1cc(=O)[nH]c2ccccc12. The van der Waals surface area contributed by atoms with Crippen molar-refractivity contribution in [2.45, 2.75) is 32.2 Å². The Morgan fingerprint density at radius 2 is 2.17 bits per heavy atom. The molecule has 3 rings (SSSR count). The van der Waals surface area contributed by atoms with Gasteiger partial charge in [-0.25, -0.2) is 0 Å². The fourth-order valence-corrected chi connectivity index (χ4v) is 3.29. The number of rotatable bonds is 4. The van der Waals surface area contributed by atoms with E-state index in [0.717, 1.165) is 18.5 Å². The van der Waals surface area contributed by atoms with E-state index in [4.69, 9.17) is 0 Å². The van der Waals surface area contributed by atoms with Crippen LogP contribution in [-0.4, -0.2) is 41.5 Å². The first kappa shape index (κ1) is 15.7. The number of aromatic nitrogens is 1. The number of para-hydroxylation sites is 1. The molecule has 1 amide bonds. The van der Waals surface area contributed by atoms with Gasteiger partial charge >= 0.3 is 0 Å². The van der Waals surface area contributed by atoms with Crippen LogP contribution in [0.15, 0.2) is 35.1 Å². The molecule has 1 aromatic carbocycles. The van der Waals surface area contributed by atoms with Crippen LogP contribution in [0.1, 0.15) is 36.5 Å². The number of fused-ring (bicyclic) bond motifs is 1. The van der Waals surface area contributed by atoms with Crippen LogP contribution in [-0.2, 0) is 0 Å². The number of H-pyrrole nitrogens is 1. The van der Waals surface area contributed by atoms with E-state index >= 15 is 0 Å².